The molecule has 0 saturated heterocycles. The lowest BCUT2D eigenvalue weighted by Gasteiger charge is -2.10. The molecule has 0 N–H and O–H groups in total. The number of aromatic nitrogens is 6. The summed E-state index contributed by atoms with van der Waals surface area (Å²) in [6, 6.07) is 5.90. The van der Waals surface area contributed by atoms with Crippen LogP contribution in [0.25, 0.3) is 5.69 Å². The molecule has 0 fully saturated rings. The summed E-state index contributed by atoms with van der Waals surface area (Å²) in [6.07, 6.45) is 3.63. The smallest absolute Gasteiger partial charge is 0.216 e. The first-order valence-electron chi connectivity index (χ1n) is 7.88. The molecule has 126 valence electrons. The molecule has 0 amide bonds. The molecular formula is C16H20N6O2. The molecule has 0 aliphatic heterocycles. The lowest BCUT2D eigenvalue weighted by Crippen LogP contribution is -2.02. The molecule has 3 rings (SSSR count). The Balaban J connectivity index is 1.64. The number of hydrogen-bond acceptors (Lipinski definition) is 7. The van der Waals surface area contributed by atoms with Crippen LogP contribution in [0.2, 0.25) is 0 Å². The average molecular weight is 328 g/mol. The highest BCUT2D eigenvalue weighted by molar-refractivity contribution is 5.43. The molecule has 0 unspecified atom stereocenters. The molecule has 0 radical (unpaired) electrons. The predicted octanol–water partition coefficient (Wildman–Crippen LogP) is 2.24. The summed E-state index contributed by atoms with van der Waals surface area (Å²) in [5, 5.41) is 20.0. The number of ether oxygens (including phenoxy) is 1. The average Bonchev–Trinajstić information content (AvgIpc) is 3.20. The zero-order chi connectivity index (χ0) is 16.9. The fourth-order valence-corrected chi connectivity index (χ4v) is 2.51. The Kier molecular flexibility index (Phi) is 4.83. The number of methoxy groups -OCH3 is 1. The predicted molar refractivity (Wildman–Crippen MR) is 86.1 cm³/mol. The highest BCUT2D eigenvalue weighted by Crippen LogP contribution is 2.23. The first-order chi connectivity index (χ1) is 11.7. The zero-order valence-corrected chi connectivity index (χ0v) is 14.1. The molecule has 0 atom stereocenters. The van der Waals surface area contributed by atoms with E-state index < -0.39 is 0 Å². The zero-order valence-electron chi connectivity index (χ0n) is 14.1. The van der Waals surface area contributed by atoms with Gasteiger partial charge in [0.15, 0.2) is 5.82 Å². The van der Waals surface area contributed by atoms with E-state index in [1.165, 1.54) is 4.80 Å². The van der Waals surface area contributed by atoms with E-state index in [0.717, 1.165) is 42.7 Å². The number of hydrogen-bond donors (Lipinski definition) is 0. The second-order valence-electron chi connectivity index (χ2n) is 5.54. The van der Waals surface area contributed by atoms with Gasteiger partial charge >= 0.3 is 0 Å². The van der Waals surface area contributed by atoms with E-state index >= 15 is 0 Å². The van der Waals surface area contributed by atoms with E-state index in [4.69, 9.17) is 9.15 Å². The summed E-state index contributed by atoms with van der Waals surface area (Å²) < 4.78 is 10.8. The Hall–Kier alpha value is -2.77. The maximum atomic E-state index is 5.45. The van der Waals surface area contributed by atoms with Gasteiger partial charge in [-0.3, -0.25) is 0 Å². The third-order valence-corrected chi connectivity index (χ3v) is 3.66. The van der Waals surface area contributed by atoms with Crippen molar-refractivity contribution in [2.24, 2.45) is 0 Å². The molecule has 1 aromatic carbocycles. The van der Waals surface area contributed by atoms with E-state index in [1.807, 2.05) is 25.1 Å². The molecule has 24 heavy (non-hydrogen) atoms. The molecule has 3 aromatic rings. The van der Waals surface area contributed by atoms with E-state index in [2.05, 4.69) is 25.6 Å². The number of nitrogens with zero attached hydrogens (tertiary/aromatic N) is 6. The molecule has 0 aliphatic carbocycles. The fourth-order valence-electron chi connectivity index (χ4n) is 2.51. The molecule has 0 spiro atoms. The number of benzene rings is 1. The van der Waals surface area contributed by atoms with Crippen LogP contribution < -0.4 is 4.74 Å². The van der Waals surface area contributed by atoms with Crippen molar-refractivity contribution in [2.45, 2.75) is 39.5 Å². The maximum absolute atomic E-state index is 5.45. The second-order valence-corrected chi connectivity index (χ2v) is 5.54. The molecular weight excluding hydrogens is 308 g/mol. The Morgan fingerprint density at radius 3 is 2.58 bits per heavy atom. The highest BCUT2D eigenvalue weighted by Gasteiger charge is 2.09. The van der Waals surface area contributed by atoms with Crippen molar-refractivity contribution in [3.63, 3.8) is 0 Å². The monoisotopic (exact) mass is 328 g/mol. The van der Waals surface area contributed by atoms with Gasteiger partial charge in [-0.15, -0.1) is 25.2 Å². The number of rotatable bonds is 7. The summed E-state index contributed by atoms with van der Waals surface area (Å²) >= 11 is 0. The summed E-state index contributed by atoms with van der Waals surface area (Å²) in [6.45, 7) is 3.61. The SMILES string of the molecule is COc1ccc(-n2nnc(C)n2)cc1CCCCc1nnc(C)o1. The summed E-state index contributed by atoms with van der Waals surface area (Å²) in [4.78, 5) is 1.53. The van der Waals surface area contributed by atoms with Crippen LogP contribution in [-0.4, -0.2) is 37.5 Å². The standard InChI is InChI=1S/C16H20N6O2/c1-11-17-21-22(20-11)14-8-9-15(23-3)13(10-14)6-4-5-7-16-19-18-12(2)24-16/h8-10H,4-7H2,1-3H3. The number of tetrazole rings is 1. The van der Waals surface area contributed by atoms with Crippen LogP contribution in [0.15, 0.2) is 22.6 Å². The van der Waals surface area contributed by atoms with Gasteiger partial charge in [0.25, 0.3) is 0 Å². The van der Waals surface area contributed by atoms with Crippen LogP contribution in [0.3, 0.4) is 0 Å². The van der Waals surface area contributed by atoms with Gasteiger partial charge in [-0.25, -0.2) is 0 Å². The minimum atomic E-state index is 0.606. The number of unbranched alkanes of at least 4 members (excludes halogenated alkanes) is 1. The first-order valence-corrected chi connectivity index (χ1v) is 7.88. The highest BCUT2D eigenvalue weighted by atomic mass is 16.5. The van der Waals surface area contributed by atoms with Crippen molar-refractivity contribution >= 4 is 0 Å². The minimum absolute atomic E-state index is 0.606. The van der Waals surface area contributed by atoms with Gasteiger partial charge in [-0.2, -0.15) is 0 Å². The van der Waals surface area contributed by atoms with Crippen LogP contribution in [0.4, 0.5) is 0 Å². The molecule has 0 bridgehead atoms. The van der Waals surface area contributed by atoms with Gasteiger partial charge in [0, 0.05) is 13.3 Å². The van der Waals surface area contributed by atoms with Gasteiger partial charge in [0.05, 0.1) is 12.8 Å². The normalized spacial score (nSPS) is 11.0. The second kappa shape index (κ2) is 7.20. The van der Waals surface area contributed by atoms with Crippen LogP contribution in [0.5, 0.6) is 5.75 Å². The van der Waals surface area contributed by atoms with Crippen molar-refractivity contribution in [3.05, 3.63) is 41.4 Å². The van der Waals surface area contributed by atoms with E-state index in [9.17, 15) is 0 Å². The lowest BCUT2D eigenvalue weighted by molar-refractivity contribution is 0.408. The summed E-state index contributed by atoms with van der Waals surface area (Å²) in [7, 11) is 1.68. The molecule has 2 aromatic heterocycles. The molecule has 0 aliphatic rings. The van der Waals surface area contributed by atoms with Crippen molar-refractivity contribution in [2.75, 3.05) is 7.11 Å². The van der Waals surface area contributed by atoms with Gasteiger partial charge in [-0.05, 0) is 55.2 Å². The Morgan fingerprint density at radius 1 is 1.08 bits per heavy atom. The van der Waals surface area contributed by atoms with Crippen molar-refractivity contribution in [1.29, 1.82) is 0 Å². The van der Waals surface area contributed by atoms with Crippen LogP contribution in [0.1, 0.15) is 36.0 Å². The quantitative estimate of drug-likeness (QED) is 0.614. The van der Waals surface area contributed by atoms with Gasteiger partial charge in [-0.1, -0.05) is 0 Å². The van der Waals surface area contributed by atoms with Crippen molar-refractivity contribution < 1.29 is 9.15 Å². The third-order valence-electron chi connectivity index (χ3n) is 3.66. The molecule has 0 saturated carbocycles. The fraction of sp³-hybridized carbons (Fsp3) is 0.438. The largest absolute Gasteiger partial charge is 0.496 e. The van der Waals surface area contributed by atoms with Gasteiger partial charge in [0.2, 0.25) is 11.8 Å². The Morgan fingerprint density at radius 2 is 1.92 bits per heavy atom. The van der Waals surface area contributed by atoms with Gasteiger partial charge in [0.1, 0.15) is 5.75 Å². The van der Waals surface area contributed by atoms with Crippen LogP contribution >= 0.6 is 0 Å². The van der Waals surface area contributed by atoms with E-state index in [1.54, 1.807) is 14.0 Å². The van der Waals surface area contributed by atoms with Crippen molar-refractivity contribution in [3.8, 4) is 11.4 Å². The minimum Gasteiger partial charge on any atom is -0.496 e. The lowest BCUT2D eigenvalue weighted by atomic mass is 10.1. The maximum Gasteiger partial charge on any atom is 0.216 e. The summed E-state index contributed by atoms with van der Waals surface area (Å²) in [5.74, 6) is 2.80. The van der Waals surface area contributed by atoms with Crippen LogP contribution in [0, 0.1) is 13.8 Å². The third kappa shape index (κ3) is 3.76. The Bertz CT molecular complexity index is 811. The molecule has 2 heterocycles. The topological polar surface area (TPSA) is 91.8 Å². The first kappa shape index (κ1) is 16.1. The number of aryl methyl sites for hydroxylation is 4. The molecule has 8 nitrogen and oxygen atoms in total. The van der Waals surface area contributed by atoms with E-state index in [0.29, 0.717) is 17.6 Å². The molecule has 8 heteroatoms. The van der Waals surface area contributed by atoms with Crippen LogP contribution in [-0.2, 0) is 12.8 Å². The summed E-state index contributed by atoms with van der Waals surface area (Å²) in [5.41, 5.74) is 1.99. The van der Waals surface area contributed by atoms with Crippen molar-refractivity contribution in [1.82, 2.24) is 30.4 Å². The van der Waals surface area contributed by atoms with E-state index in [-0.39, 0.29) is 0 Å². The Labute approximate surface area is 139 Å². The van der Waals surface area contributed by atoms with Gasteiger partial charge < -0.3 is 9.15 Å².